The summed E-state index contributed by atoms with van der Waals surface area (Å²) in [5.74, 6) is 6.67. The van der Waals surface area contributed by atoms with Gasteiger partial charge in [-0.1, -0.05) is 45.1 Å². The fourth-order valence-corrected chi connectivity index (χ4v) is 5.16. The van der Waals surface area contributed by atoms with Gasteiger partial charge in [-0.3, -0.25) is 0 Å². The average Bonchev–Trinajstić information content (AvgIpc) is 3.34. The van der Waals surface area contributed by atoms with Gasteiger partial charge in [0.1, 0.15) is 18.9 Å². The van der Waals surface area contributed by atoms with Gasteiger partial charge in [0.05, 0.1) is 30.0 Å². The van der Waals surface area contributed by atoms with Crippen LogP contribution in [0.3, 0.4) is 0 Å². The molecule has 0 unspecified atom stereocenters. The van der Waals surface area contributed by atoms with Crippen LogP contribution in [-0.2, 0) is 11.3 Å². The highest BCUT2D eigenvalue weighted by atomic mass is 32.2. The number of ether oxygens (including phenoxy) is 2. The molecule has 2 aromatic carbocycles. The zero-order valence-electron chi connectivity index (χ0n) is 26.3. The first kappa shape index (κ1) is 36.2. The van der Waals surface area contributed by atoms with Crippen molar-refractivity contribution in [1.29, 1.82) is 0 Å². The molecule has 1 fully saturated rings. The van der Waals surface area contributed by atoms with Crippen molar-refractivity contribution < 1.29 is 22.6 Å². The Kier molecular flexibility index (Phi) is 16.3. The van der Waals surface area contributed by atoms with Crippen molar-refractivity contribution in [3.8, 4) is 17.6 Å². The van der Waals surface area contributed by atoms with Gasteiger partial charge in [-0.25, -0.2) is 0 Å². The van der Waals surface area contributed by atoms with Crippen molar-refractivity contribution in [2.75, 3.05) is 57.9 Å². The molecule has 3 N–H and O–H groups in total. The molecule has 1 aromatic heterocycles. The Morgan fingerprint density at radius 3 is 2.37 bits per heavy atom. The van der Waals surface area contributed by atoms with Crippen LogP contribution in [0, 0.1) is 11.8 Å². The van der Waals surface area contributed by atoms with Crippen LogP contribution in [-0.4, -0.2) is 64.0 Å². The van der Waals surface area contributed by atoms with Crippen molar-refractivity contribution in [1.82, 2.24) is 9.88 Å². The molecule has 1 aliphatic carbocycles. The molecule has 3 aromatic rings. The van der Waals surface area contributed by atoms with Gasteiger partial charge in [0.2, 0.25) is 0 Å². The number of hydrogen-bond donors (Lipinski definition) is 3. The lowest BCUT2D eigenvalue weighted by Crippen LogP contribution is -2.22. The van der Waals surface area contributed by atoms with Gasteiger partial charge in [0.25, 0.3) is 0 Å². The summed E-state index contributed by atoms with van der Waals surface area (Å²) in [6.45, 7) is 4.03. The van der Waals surface area contributed by atoms with E-state index in [2.05, 4.69) is 27.8 Å². The lowest BCUT2D eigenvalue weighted by Gasteiger charge is -2.24. The number of thioether (sulfide) groups is 1. The molecule has 6 nitrogen and oxygen atoms in total. The number of nitrogens with zero attached hydrogens (tertiary/aromatic N) is 1. The second-order valence-corrected chi connectivity index (χ2v) is 10.7. The van der Waals surface area contributed by atoms with Crippen LogP contribution >= 0.6 is 11.8 Å². The number of alkyl halides is 3. The van der Waals surface area contributed by atoms with Crippen molar-refractivity contribution in [3.63, 3.8) is 0 Å². The molecule has 1 saturated carbocycles. The van der Waals surface area contributed by atoms with E-state index in [-0.39, 0.29) is 6.54 Å². The largest absolute Gasteiger partial charge is 0.489 e. The highest BCUT2D eigenvalue weighted by Crippen LogP contribution is 2.32. The maximum absolute atomic E-state index is 13.5. The maximum Gasteiger partial charge on any atom is 0.406 e. The number of halogens is 3. The molecule has 1 heterocycles. The number of rotatable bonds is 10. The third-order valence-electron chi connectivity index (χ3n) is 6.57. The van der Waals surface area contributed by atoms with E-state index in [1.165, 1.54) is 23.8 Å². The molecule has 0 saturated heterocycles. The summed E-state index contributed by atoms with van der Waals surface area (Å²) < 4.78 is 52.7. The van der Waals surface area contributed by atoms with E-state index in [1.807, 2.05) is 64.5 Å². The van der Waals surface area contributed by atoms with E-state index >= 15 is 0 Å². The number of benzene rings is 2. The molecule has 43 heavy (non-hydrogen) atoms. The maximum atomic E-state index is 13.5. The Labute approximate surface area is 259 Å². The van der Waals surface area contributed by atoms with Gasteiger partial charge < -0.3 is 30.0 Å². The quantitative estimate of drug-likeness (QED) is 0.121. The van der Waals surface area contributed by atoms with Gasteiger partial charge in [0.15, 0.2) is 0 Å². The summed E-state index contributed by atoms with van der Waals surface area (Å²) in [5.41, 5.74) is 2.50. The summed E-state index contributed by atoms with van der Waals surface area (Å²) in [4.78, 5) is 1.06. The molecule has 1 aliphatic rings. The summed E-state index contributed by atoms with van der Waals surface area (Å²) >= 11 is 1.61. The van der Waals surface area contributed by atoms with E-state index in [9.17, 15) is 13.2 Å². The molecule has 238 valence electrons. The lowest BCUT2D eigenvalue weighted by molar-refractivity contribution is -0.140. The molecule has 4 rings (SSSR count). The molecule has 0 aliphatic heterocycles. The van der Waals surface area contributed by atoms with Gasteiger partial charge in [0, 0.05) is 29.1 Å². The monoisotopic (exact) mass is 620 g/mol. The van der Waals surface area contributed by atoms with Crippen LogP contribution in [0.5, 0.6) is 5.75 Å². The summed E-state index contributed by atoms with van der Waals surface area (Å²) in [6, 6.07) is 13.4. The predicted octanol–water partition coefficient (Wildman–Crippen LogP) is 8.02. The first-order chi connectivity index (χ1) is 20.8. The van der Waals surface area contributed by atoms with E-state index in [0.29, 0.717) is 36.2 Å². The Morgan fingerprint density at radius 1 is 1.00 bits per heavy atom. The van der Waals surface area contributed by atoms with Gasteiger partial charge in [-0.2, -0.15) is 13.2 Å². The number of methoxy groups -OCH3 is 1. The molecular formula is C33H47F3N4O2S. The van der Waals surface area contributed by atoms with Gasteiger partial charge in [-0.05, 0) is 75.5 Å². The van der Waals surface area contributed by atoms with Gasteiger partial charge in [-0.15, -0.1) is 11.8 Å². The predicted molar refractivity (Wildman–Crippen MR) is 176 cm³/mol. The minimum Gasteiger partial charge on any atom is -0.489 e. The van der Waals surface area contributed by atoms with Crippen molar-refractivity contribution in [2.45, 2.75) is 69.6 Å². The standard InChI is InChI=1S/C29H34F3N3O2S.C2H7N.C2H6/c1-36-16-17-37-28-19-23(38-2)13-14-26(28)33-15-7-10-22-18-24-25(34-21-8-4-3-5-9-21)11-6-12-27(24)35(22)20-29(30,31)32;1-3-2;1-2/h6,11-14,18-19,21,33-34H,3-5,8-9,15-17,20H2,1-2H3;3H,1-2H3;1-2H3. The summed E-state index contributed by atoms with van der Waals surface area (Å²) in [7, 11) is 5.36. The highest BCUT2D eigenvalue weighted by Gasteiger charge is 2.30. The minimum atomic E-state index is -4.36. The third kappa shape index (κ3) is 11.9. The zero-order valence-corrected chi connectivity index (χ0v) is 27.1. The molecule has 0 bridgehead atoms. The number of anilines is 2. The van der Waals surface area contributed by atoms with E-state index in [1.54, 1.807) is 31.0 Å². The molecule has 0 amide bonds. The second kappa shape index (κ2) is 19.3. The normalized spacial score (nSPS) is 13.1. The van der Waals surface area contributed by atoms with Crippen molar-refractivity contribution in [2.24, 2.45) is 0 Å². The average molecular weight is 621 g/mol. The third-order valence-corrected chi connectivity index (χ3v) is 7.29. The minimum absolute atomic E-state index is 0.250. The van der Waals surface area contributed by atoms with Crippen LogP contribution in [0.2, 0.25) is 0 Å². The van der Waals surface area contributed by atoms with Crippen LogP contribution in [0.25, 0.3) is 10.9 Å². The number of fused-ring (bicyclic) bond motifs is 1. The lowest BCUT2D eigenvalue weighted by atomic mass is 9.95. The first-order valence-electron chi connectivity index (χ1n) is 14.9. The van der Waals surface area contributed by atoms with Crippen molar-refractivity contribution >= 4 is 34.0 Å². The van der Waals surface area contributed by atoms with E-state index < -0.39 is 12.7 Å². The Morgan fingerprint density at radius 2 is 1.72 bits per heavy atom. The van der Waals surface area contributed by atoms with Crippen LogP contribution in [0.4, 0.5) is 24.5 Å². The summed E-state index contributed by atoms with van der Waals surface area (Å²) in [6.07, 6.45) is 3.36. The fourth-order valence-electron chi connectivity index (χ4n) is 4.73. The molecule has 0 spiro atoms. The Hall–Kier alpha value is -3.00. The smallest absolute Gasteiger partial charge is 0.406 e. The van der Waals surface area contributed by atoms with Crippen LogP contribution in [0.1, 0.15) is 51.6 Å². The summed E-state index contributed by atoms with van der Waals surface area (Å²) in [5, 5.41) is 10.3. The fraction of sp³-hybridized carbons (Fsp3) is 0.515. The second-order valence-electron chi connectivity index (χ2n) is 9.81. The van der Waals surface area contributed by atoms with Crippen LogP contribution in [0.15, 0.2) is 47.4 Å². The molecule has 10 heteroatoms. The van der Waals surface area contributed by atoms with E-state index in [0.717, 1.165) is 34.5 Å². The van der Waals surface area contributed by atoms with Crippen LogP contribution < -0.4 is 20.7 Å². The molecule has 0 radical (unpaired) electrons. The molecular weight excluding hydrogens is 573 g/mol. The number of hydrogen-bond acceptors (Lipinski definition) is 6. The highest BCUT2D eigenvalue weighted by molar-refractivity contribution is 7.98. The molecule has 0 atom stereocenters. The Bertz CT molecular complexity index is 1300. The SMILES string of the molecule is CC.CNC.COCCOc1cc(SC)ccc1NCC#Cc1cc2c(NC3CCCCC3)cccc2n1CC(F)(F)F. The number of aromatic nitrogens is 1. The topological polar surface area (TPSA) is 59.5 Å². The zero-order chi connectivity index (χ0) is 31.7. The number of nitrogens with one attached hydrogen (secondary N) is 3. The Balaban J connectivity index is 0.00000121. The van der Waals surface area contributed by atoms with Crippen molar-refractivity contribution in [3.05, 3.63) is 48.2 Å². The first-order valence-corrected chi connectivity index (χ1v) is 16.1. The van der Waals surface area contributed by atoms with Gasteiger partial charge >= 0.3 is 6.18 Å². The van der Waals surface area contributed by atoms with E-state index in [4.69, 9.17) is 9.47 Å².